The molecule has 1 heterocycles. The summed E-state index contributed by atoms with van der Waals surface area (Å²) in [6.45, 7) is 3.78. The van der Waals surface area contributed by atoms with Crippen LogP contribution >= 0.6 is 0 Å². The number of carbonyl (C=O) groups is 1. The Labute approximate surface area is 131 Å². The van der Waals surface area contributed by atoms with Crippen LogP contribution in [0.2, 0.25) is 0 Å². The Kier molecular flexibility index (Phi) is 5.15. The van der Waals surface area contributed by atoms with Crippen LogP contribution in [0.15, 0.2) is 24.5 Å². The number of amides is 1. The molecular weight excluding hydrogens is 309 g/mol. The molecule has 2 N–H and O–H groups in total. The highest BCUT2D eigenvalue weighted by molar-refractivity contribution is 5.92. The van der Waals surface area contributed by atoms with Crippen LogP contribution in [0.4, 0.5) is 24.7 Å². The molecule has 0 fully saturated rings. The summed E-state index contributed by atoms with van der Waals surface area (Å²) in [6, 6.07) is 1.83. The second-order valence-corrected chi connectivity index (χ2v) is 4.92. The Morgan fingerprint density at radius 2 is 1.91 bits per heavy atom. The number of nitrogens with zero attached hydrogens (tertiary/aromatic N) is 2. The van der Waals surface area contributed by atoms with Crippen molar-refractivity contribution in [2.24, 2.45) is 0 Å². The number of hydrogen-bond acceptors (Lipinski definition) is 4. The second kappa shape index (κ2) is 7.08. The van der Waals surface area contributed by atoms with Crippen molar-refractivity contribution in [3.8, 4) is 0 Å². The van der Waals surface area contributed by atoms with Crippen LogP contribution in [0.5, 0.6) is 0 Å². The average molecular weight is 324 g/mol. The van der Waals surface area contributed by atoms with E-state index in [1.807, 2.05) is 13.8 Å². The van der Waals surface area contributed by atoms with Crippen LogP contribution in [0.1, 0.15) is 30.8 Å². The summed E-state index contributed by atoms with van der Waals surface area (Å²) in [7, 11) is 0. The number of hydrogen-bond donors (Lipinski definition) is 2. The Morgan fingerprint density at radius 3 is 2.52 bits per heavy atom. The summed E-state index contributed by atoms with van der Waals surface area (Å²) >= 11 is 0. The van der Waals surface area contributed by atoms with Gasteiger partial charge in [-0.05, 0) is 25.5 Å². The molecule has 0 radical (unpaired) electrons. The summed E-state index contributed by atoms with van der Waals surface area (Å²) in [5.41, 5.74) is -0.184. The SMILES string of the molecule is CCC(C)NC(=O)c1cnc(Nc2ccc(F)c(F)c2F)cn1. The molecule has 5 nitrogen and oxygen atoms in total. The Bertz CT molecular complexity index is 707. The standard InChI is InChI=1S/C15H15F3N4O/c1-3-8(2)21-15(23)11-6-20-12(7-19-11)22-10-5-4-9(16)13(17)14(10)18/h4-8H,3H2,1-2H3,(H,20,22)(H,21,23). The first kappa shape index (κ1) is 16.7. The second-order valence-electron chi connectivity index (χ2n) is 4.92. The van der Waals surface area contributed by atoms with Gasteiger partial charge in [0.05, 0.1) is 18.1 Å². The Morgan fingerprint density at radius 1 is 1.17 bits per heavy atom. The normalized spacial score (nSPS) is 11.9. The number of nitrogens with one attached hydrogen (secondary N) is 2. The lowest BCUT2D eigenvalue weighted by Gasteiger charge is -2.11. The fraction of sp³-hybridized carbons (Fsp3) is 0.267. The van der Waals surface area contributed by atoms with Gasteiger partial charge in [-0.15, -0.1) is 0 Å². The molecule has 0 aliphatic carbocycles. The molecule has 0 spiro atoms. The summed E-state index contributed by atoms with van der Waals surface area (Å²) in [5, 5.41) is 5.20. The summed E-state index contributed by atoms with van der Waals surface area (Å²) in [4.78, 5) is 19.6. The lowest BCUT2D eigenvalue weighted by atomic mass is 10.2. The molecule has 1 aromatic heterocycles. The Hall–Kier alpha value is -2.64. The van der Waals surface area contributed by atoms with Crippen molar-refractivity contribution in [3.05, 3.63) is 47.7 Å². The predicted octanol–water partition coefficient (Wildman–Crippen LogP) is 3.17. The zero-order valence-corrected chi connectivity index (χ0v) is 12.5. The molecule has 0 aliphatic heterocycles. The molecule has 1 aromatic carbocycles. The monoisotopic (exact) mass is 324 g/mol. The number of halogens is 3. The molecule has 8 heteroatoms. The third-order valence-electron chi connectivity index (χ3n) is 3.17. The van der Waals surface area contributed by atoms with E-state index >= 15 is 0 Å². The van der Waals surface area contributed by atoms with Crippen LogP contribution < -0.4 is 10.6 Å². The van der Waals surface area contributed by atoms with Gasteiger partial charge in [-0.25, -0.2) is 23.1 Å². The van der Waals surface area contributed by atoms with E-state index in [-0.39, 0.29) is 29.1 Å². The summed E-state index contributed by atoms with van der Waals surface area (Å²) in [5.74, 6) is -4.50. The molecule has 1 unspecified atom stereocenters. The topological polar surface area (TPSA) is 66.9 Å². The van der Waals surface area contributed by atoms with Crippen LogP contribution in [0.3, 0.4) is 0 Å². The van der Waals surface area contributed by atoms with Crippen molar-refractivity contribution < 1.29 is 18.0 Å². The van der Waals surface area contributed by atoms with Crippen LogP contribution in [0, 0.1) is 17.5 Å². The van der Waals surface area contributed by atoms with E-state index < -0.39 is 17.5 Å². The molecule has 0 aliphatic rings. The fourth-order valence-electron chi connectivity index (χ4n) is 1.67. The van der Waals surface area contributed by atoms with E-state index in [0.717, 1.165) is 18.6 Å². The first-order chi connectivity index (χ1) is 10.9. The van der Waals surface area contributed by atoms with E-state index in [4.69, 9.17) is 0 Å². The molecule has 122 valence electrons. The maximum absolute atomic E-state index is 13.5. The van der Waals surface area contributed by atoms with Crippen molar-refractivity contribution in [1.29, 1.82) is 0 Å². The maximum Gasteiger partial charge on any atom is 0.271 e. The minimum Gasteiger partial charge on any atom is -0.348 e. The maximum atomic E-state index is 13.5. The zero-order valence-electron chi connectivity index (χ0n) is 12.5. The van der Waals surface area contributed by atoms with Crippen molar-refractivity contribution in [3.63, 3.8) is 0 Å². The molecule has 0 saturated carbocycles. The number of anilines is 2. The smallest absolute Gasteiger partial charge is 0.271 e. The molecule has 1 atom stereocenters. The molecule has 0 saturated heterocycles. The fourth-order valence-corrected chi connectivity index (χ4v) is 1.67. The lowest BCUT2D eigenvalue weighted by molar-refractivity contribution is 0.0934. The van der Waals surface area contributed by atoms with Crippen molar-refractivity contribution in [2.45, 2.75) is 26.3 Å². The van der Waals surface area contributed by atoms with Crippen molar-refractivity contribution >= 4 is 17.4 Å². The first-order valence-corrected chi connectivity index (χ1v) is 6.95. The van der Waals surface area contributed by atoms with Crippen LogP contribution in [-0.2, 0) is 0 Å². The summed E-state index contributed by atoms with van der Waals surface area (Å²) < 4.78 is 39.5. The van der Waals surface area contributed by atoms with E-state index in [0.29, 0.717) is 0 Å². The minimum atomic E-state index is -1.58. The van der Waals surface area contributed by atoms with Gasteiger partial charge in [-0.2, -0.15) is 0 Å². The van der Waals surface area contributed by atoms with E-state index in [2.05, 4.69) is 20.6 Å². The molecular formula is C15H15F3N4O. The molecule has 1 amide bonds. The molecule has 0 bridgehead atoms. The number of carbonyl (C=O) groups excluding carboxylic acids is 1. The van der Waals surface area contributed by atoms with Crippen molar-refractivity contribution in [1.82, 2.24) is 15.3 Å². The molecule has 2 aromatic rings. The van der Waals surface area contributed by atoms with Gasteiger partial charge in [0.25, 0.3) is 5.91 Å². The largest absolute Gasteiger partial charge is 0.348 e. The van der Waals surface area contributed by atoms with Gasteiger partial charge < -0.3 is 10.6 Å². The van der Waals surface area contributed by atoms with Gasteiger partial charge in [-0.3, -0.25) is 4.79 Å². The number of rotatable bonds is 5. The molecule has 23 heavy (non-hydrogen) atoms. The average Bonchev–Trinajstić information content (AvgIpc) is 2.55. The highest BCUT2D eigenvalue weighted by Crippen LogP contribution is 2.22. The lowest BCUT2D eigenvalue weighted by Crippen LogP contribution is -2.32. The van der Waals surface area contributed by atoms with Crippen LogP contribution in [-0.4, -0.2) is 21.9 Å². The summed E-state index contributed by atoms with van der Waals surface area (Å²) in [6.07, 6.45) is 3.18. The zero-order chi connectivity index (χ0) is 17.0. The third-order valence-corrected chi connectivity index (χ3v) is 3.17. The Balaban J connectivity index is 2.12. The highest BCUT2D eigenvalue weighted by Gasteiger charge is 2.14. The van der Waals surface area contributed by atoms with Crippen molar-refractivity contribution in [2.75, 3.05) is 5.32 Å². The van der Waals surface area contributed by atoms with Gasteiger partial charge in [0.15, 0.2) is 17.5 Å². The quantitative estimate of drug-likeness (QED) is 0.829. The third kappa shape index (κ3) is 3.97. The number of benzene rings is 1. The highest BCUT2D eigenvalue weighted by atomic mass is 19.2. The van der Waals surface area contributed by atoms with Gasteiger partial charge in [0, 0.05) is 6.04 Å². The van der Waals surface area contributed by atoms with E-state index in [1.165, 1.54) is 12.4 Å². The van der Waals surface area contributed by atoms with Crippen LogP contribution in [0.25, 0.3) is 0 Å². The molecule has 2 rings (SSSR count). The van der Waals surface area contributed by atoms with Gasteiger partial charge in [-0.1, -0.05) is 6.92 Å². The first-order valence-electron chi connectivity index (χ1n) is 6.95. The van der Waals surface area contributed by atoms with Gasteiger partial charge >= 0.3 is 0 Å². The van der Waals surface area contributed by atoms with Gasteiger partial charge in [0.2, 0.25) is 0 Å². The van der Waals surface area contributed by atoms with Gasteiger partial charge in [0.1, 0.15) is 11.5 Å². The number of aromatic nitrogens is 2. The van der Waals surface area contributed by atoms with E-state index in [9.17, 15) is 18.0 Å². The van der Waals surface area contributed by atoms with E-state index in [1.54, 1.807) is 0 Å². The predicted molar refractivity (Wildman–Crippen MR) is 78.8 cm³/mol. The minimum absolute atomic E-state index is 0.00149.